The third kappa shape index (κ3) is 3.47. The highest BCUT2D eigenvalue weighted by Crippen LogP contribution is 2.30. The van der Waals surface area contributed by atoms with Gasteiger partial charge in [0, 0.05) is 18.4 Å². The summed E-state index contributed by atoms with van der Waals surface area (Å²) >= 11 is 1.24. The monoisotopic (exact) mass is 410 g/mol. The molecule has 0 aliphatic carbocycles. The molecule has 0 aliphatic heterocycles. The molecule has 0 saturated carbocycles. The lowest BCUT2D eigenvalue weighted by Crippen LogP contribution is -2.29. The number of nitrogens with zero attached hydrogens (tertiary/aromatic N) is 3. The van der Waals surface area contributed by atoms with E-state index in [1.54, 1.807) is 29.2 Å². The van der Waals surface area contributed by atoms with E-state index in [4.69, 9.17) is 0 Å². The Morgan fingerprint density at radius 1 is 1.21 bits per heavy atom. The molecule has 4 aromatic rings. The van der Waals surface area contributed by atoms with Crippen molar-refractivity contribution in [2.75, 3.05) is 11.4 Å². The molecule has 0 spiro atoms. The molecule has 0 saturated heterocycles. The Labute approximate surface area is 168 Å². The molecule has 2 N–H and O–H groups in total. The summed E-state index contributed by atoms with van der Waals surface area (Å²) in [6, 6.07) is 9.18. The number of carbonyl (C=O) groups is 2. The summed E-state index contributed by atoms with van der Waals surface area (Å²) in [7, 11) is 0. The van der Waals surface area contributed by atoms with E-state index >= 15 is 0 Å². The smallest absolute Gasteiger partial charge is 0.339 e. The fraction of sp³-hybridized carbons (Fsp3) is 0.100. The van der Waals surface area contributed by atoms with Crippen LogP contribution in [0.5, 0.6) is 0 Å². The highest BCUT2D eigenvalue weighted by atomic mass is 32.1. The van der Waals surface area contributed by atoms with Crippen molar-refractivity contribution in [3.8, 4) is 10.6 Å². The molecule has 3 heterocycles. The molecule has 4 rings (SSSR count). The third-order valence-corrected chi connectivity index (χ3v) is 5.48. The number of rotatable bonds is 5. The normalized spacial score (nSPS) is 11.0. The number of aromatic amines is 1. The zero-order valence-electron chi connectivity index (χ0n) is 15.2. The number of aromatic carboxylic acids is 1. The van der Waals surface area contributed by atoms with Crippen LogP contribution >= 0.6 is 11.3 Å². The molecule has 7 nitrogen and oxygen atoms in total. The van der Waals surface area contributed by atoms with E-state index in [1.807, 2.05) is 6.92 Å². The molecule has 9 heteroatoms. The minimum Gasteiger partial charge on any atom is -0.478 e. The van der Waals surface area contributed by atoms with Gasteiger partial charge in [0.2, 0.25) is 0 Å². The summed E-state index contributed by atoms with van der Waals surface area (Å²) in [5.41, 5.74) is 1.77. The van der Waals surface area contributed by atoms with Gasteiger partial charge in [0.25, 0.3) is 5.91 Å². The number of nitrogens with one attached hydrogen (secondary N) is 1. The van der Waals surface area contributed by atoms with Crippen LogP contribution in [0.25, 0.3) is 21.7 Å². The summed E-state index contributed by atoms with van der Waals surface area (Å²) in [6.07, 6.45) is 2.88. The average Bonchev–Trinajstić information content (AvgIpc) is 3.36. The van der Waals surface area contributed by atoms with Crippen molar-refractivity contribution in [1.29, 1.82) is 0 Å². The second kappa shape index (κ2) is 7.44. The molecular formula is C20H15FN4O3S. The number of amides is 1. The molecule has 0 atom stereocenters. The number of thiophene rings is 1. The van der Waals surface area contributed by atoms with Gasteiger partial charge in [0.1, 0.15) is 16.9 Å². The molecule has 146 valence electrons. The predicted octanol–water partition coefficient (Wildman–Crippen LogP) is 4.19. The van der Waals surface area contributed by atoms with E-state index in [0.29, 0.717) is 33.3 Å². The number of hydrogen-bond acceptors (Lipinski definition) is 5. The Morgan fingerprint density at radius 3 is 2.66 bits per heavy atom. The van der Waals surface area contributed by atoms with Crippen molar-refractivity contribution in [1.82, 2.24) is 15.0 Å². The Kier molecular flexibility index (Phi) is 4.81. The van der Waals surface area contributed by atoms with Crippen LogP contribution in [0.15, 0.2) is 48.8 Å². The number of aromatic nitrogens is 3. The van der Waals surface area contributed by atoms with Gasteiger partial charge in [-0.2, -0.15) is 0 Å². The van der Waals surface area contributed by atoms with Gasteiger partial charge in [-0.1, -0.05) is 0 Å². The second-order valence-electron chi connectivity index (χ2n) is 6.15. The molecule has 0 fully saturated rings. The van der Waals surface area contributed by atoms with E-state index in [9.17, 15) is 19.1 Å². The molecule has 1 amide bonds. The Morgan fingerprint density at radius 2 is 1.97 bits per heavy atom. The first kappa shape index (κ1) is 18.8. The zero-order chi connectivity index (χ0) is 20.5. The maximum absolute atomic E-state index is 13.2. The number of H-pyrrole nitrogens is 1. The lowest BCUT2D eigenvalue weighted by Gasteiger charge is -2.20. The summed E-state index contributed by atoms with van der Waals surface area (Å²) in [4.78, 5) is 38.4. The number of carbonyl (C=O) groups excluding carboxylic acids is 1. The molecule has 0 unspecified atom stereocenters. The van der Waals surface area contributed by atoms with Crippen molar-refractivity contribution in [3.05, 3.63) is 65.0 Å². The Bertz CT molecular complexity index is 1220. The quantitative estimate of drug-likeness (QED) is 0.514. The van der Waals surface area contributed by atoms with Crippen molar-refractivity contribution >= 4 is 40.1 Å². The summed E-state index contributed by atoms with van der Waals surface area (Å²) in [5.74, 6) is -1.67. The van der Waals surface area contributed by atoms with Crippen LogP contribution in [0.4, 0.5) is 10.1 Å². The molecule has 29 heavy (non-hydrogen) atoms. The van der Waals surface area contributed by atoms with Gasteiger partial charge in [-0.3, -0.25) is 4.79 Å². The molecule has 0 bridgehead atoms. The standard InChI is InChI=1S/C20H15FN4O3S/c1-2-25(12-5-3-11(21)4-6-12)19(26)16-8-7-15(29-16)14-10-23-18-17(24-14)13(9-22-18)20(27)28/h3-10H,2H2,1H3,(H,22,23)(H,27,28). The molecule has 3 aromatic heterocycles. The minimum absolute atomic E-state index is 0.0377. The number of hydrogen-bond donors (Lipinski definition) is 2. The number of halogens is 1. The van der Waals surface area contributed by atoms with Crippen LogP contribution in [-0.2, 0) is 0 Å². The van der Waals surface area contributed by atoms with E-state index in [-0.39, 0.29) is 22.8 Å². The number of anilines is 1. The van der Waals surface area contributed by atoms with Gasteiger partial charge in [0.15, 0.2) is 5.65 Å². The number of fused-ring (bicyclic) bond motifs is 1. The predicted molar refractivity (Wildman–Crippen MR) is 108 cm³/mol. The maximum atomic E-state index is 13.2. The highest BCUT2D eigenvalue weighted by molar-refractivity contribution is 7.17. The van der Waals surface area contributed by atoms with Gasteiger partial charge < -0.3 is 15.0 Å². The highest BCUT2D eigenvalue weighted by Gasteiger charge is 2.20. The topological polar surface area (TPSA) is 99.2 Å². The largest absolute Gasteiger partial charge is 0.478 e. The van der Waals surface area contributed by atoms with Crippen LogP contribution in [0.3, 0.4) is 0 Å². The van der Waals surface area contributed by atoms with Crippen molar-refractivity contribution < 1.29 is 19.1 Å². The van der Waals surface area contributed by atoms with Crippen molar-refractivity contribution in [2.45, 2.75) is 6.92 Å². The van der Waals surface area contributed by atoms with E-state index in [0.717, 1.165) is 0 Å². The van der Waals surface area contributed by atoms with Gasteiger partial charge in [-0.15, -0.1) is 11.3 Å². The van der Waals surface area contributed by atoms with E-state index < -0.39 is 5.97 Å². The minimum atomic E-state index is -1.09. The number of benzene rings is 1. The molecule has 0 radical (unpaired) electrons. The fourth-order valence-electron chi connectivity index (χ4n) is 2.96. The van der Waals surface area contributed by atoms with Crippen LogP contribution < -0.4 is 4.90 Å². The fourth-order valence-corrected chi connectivity index (χ4v) is 3.87. The lowest BCUT2D eigenvalue weighted by atomic mass is 10.2. The van der Waals surface area contributed by atoms with E-state index in [1.165, 1.54) is 35.9 Å². The van der Waals surface area contributed by atoms with Crippen LogP contribution in [0.2, 0.25) is 0 Å². The van der Waals surface area contributed by atoms with Crippen LogP contribution in [-0.4, -0.2) is 38.5 Å². The van der Waals surface area contributed by atoms with Crippen LogP contribution in [0.1, 0.15) is 27.0 Å². The van der Waals surface area contributed by atoms with Gasteiger partial charge in [0.05, 0.1) is 21.6 Å². The van der Waals surface area contributed by atoms with Gasteiger partial charge >= 0.3 is 5.97 Å². The van der Waals surface area contributed by atoms with Crippen LogP contribution in [0, 0.1) is 5.82 Å². The molecular weight excluding hydrogens is 395 g/mol. The first-order valence-electron chi connectivity index (χ1n) is 8.73. The third-order valence-electron chi connectivity index (χ3n) is 4.38. The molecule has 1 aromatic carbocycles. The summed E-state index contributed by atoms with van der Waals surface area (Å²) in [5, 5.41) is 9.26. The molecule has 0 aliphatic rings. The SMILES string of the molecule is CCN(C(=O)c1ccc(-c2cnc3[nH]cc(C(=O)O)c3n2)s1)c1ccc(F)cc1. The first-order chi connectivity index (χ1) is 14.0. The first-order valence-corrected chi connectivity index (χ1v) is 9.54. The van der Waals surface area contributed by atoms with Crippen molar-refractivity contribution in [2.24, 2.45) is 0 Å². The van der Waals surface area contributed by atoms with Gasteiger partial charge in [-0.25, -0.2) is 19.2 Å². The Balaban J connectivity index is 1.66. The lowest BCUT2D eigenvalue weighted by molar-refractivity contribution is 0.0698. The maximum Gasteiger partial charge on any atom is 0.339 e. The summed E-state index contributed by atoms with van der Waals surface area (Å²) in [6.45, 7) is 2.27. The number of carboxylic acid groups (broad SMARTS) is 1. The number of carboxylic acids is 1. The summed E-state index contributed by atoms with van der Waals surface area (Å²) < 4.78 is 13.2. The van der Waals surface area contributed by atoms with Crippen molar-refractivity contribution in [3.63, 3.8) is 0 Å². The average molecular weight is 410 g/mol. The Hall–Kier alpha value is -3.59. The van der Waals surface area contributed by atoms with E-state index in [2.05, 4.69) is 15.0 Å². The van der Waals surface area contributed by atoms with Gasteiger partial charge in [-0.05, 0) is 43.3 Å². The second-order valence-corrected chi connectivity index (χ2v) is 7.23. The zero-order valence-corrected chi connectivity index (χ0v) is 16.0.